The number of hydrogen-bond donors (Lipinski definition) is 0. The van der Waals surface area contributed by atoms with Crippen molar-refractivity contribution in [2.24, 2.45) is 0 Å². The second-order valence-electron chi connectivity index (χ2n) is 3.37. The molecule has 0 saturated carbocycles. The van der Waals surface area contributed by atoms with Crippen molar-refractivity contribution in [3.8, 4) is 0 Å². The minimum Gasteiger partial charge on any atom is -0.459 e. The molecule has 0 aromatic heterocycles. The van der Waals surface area contributed by atoms with Gasteiger partial charge in [0, 0.05) is 9.64 Å². The number of ether oxygens (including phenoxy) is 1. The molecule has 1 rings (SSSR count). The predicted molar refractivity (Wildman–Crippen MR) is 66.4 cm³/mol. The Labute approximate surface area is 106 Å². The van der Waals surface area contributed by atoms with Gasteiger partial charge in [-0.2, -0.15) is 0 Å². The number of rotatable bonds is 3. The summed E-state index contributed by atoms with van der Waals surface area (Å²) in [5, 5.41) is 10.8. The van der Waals surface area contributed by atoms with Crippen molar-refractivity contribution in [2.75, 3.05) is 0 Å². The molecule has 0 N–H and O–H groups in total. The van der Waals surface area contributed by atoms with E-state index in [4.69, 9.17) is 4.74 Å². The lowest BCUT2D eigenvalue weighted by Crippen LogP contribution is -2.13. The highest BCUT2D eigenvalue weighted by Gasteiger charge is 2.22. The highest BCUT2D eigenvalue weighted by Crippen LogP contribution is 2.22. The van der Waals surface area contributed by atoms with Crippen LogP contribution in [0.25, 0.3) is 0 Å². The van der Waals surface area contributed by atoms with E-state index in [2.05, 4.69) is 0 Å². The molecule has 0 atom stereocenters. The van der Waals surface area contributed by atoms with Crippen LogP contribution >= 0.6 is 22.6 Å². The van der Waals surface area contributed by atoms with Crippen molar-refractivity contribution >= 4 is 34.2 Å². The number of halogens is 1. The van der Waals surface area contributed by atoms with Crippen LogP contribution in [0.15, 0.2) is 18.2 Å². The first-order chi connectivity index (χ1) is 7.41. The summed E-state index contributed by atoms with van der Waals surface area (Å²) >= 11 is 1.95. The Morgan fingerprint density at radius 2 is 2.12 bits per heavy atom. The van der Waals surface area contributed by atoms with E-state index in [1.165, 1.54) is 12.1 Å². The third kappa shape index (κ3) is 3.16. The minimum absolute atomic E-state index is 0.0147. The minimum atomic E-state index is -0.668. The molecular formula is C10H10INO4. The van der Waals surface area contributed by atoms with E-state index in [1.807, 2.05) is 22.6 Å². The molecule has 16 heavy (non-hydrogen) atoms. The monoisotopic (exact) mass is 335 g/mol. The van der Waals surface area contributed by atoms with Gasteiger partial charge in [0.05, 0.1) is 11.0 Å². The molecule has 1 aromatic rings. The Hall–Kier alpha value is -1.18. The van der Waals surface area contributed by atoms with E-state index in [0.29, 0.717) is 3.57 Å². The van der Waals surface area contributed by atoms with Gasteiger partial charge in [0.1, 0.15) is 5.56 Å². The number of carbonyl (C=O) groups excluding carboxylic acids is 1. The van der Waals surface area contributed by atoms with Crippen LogP contribution in [0.4, 0.5) is 5.69 Å². The van der Waals surface area contributed by atoms with E-state index < -0.39 is 10.9 Å². The molecule has 5 nitrogen and oxygen atoms in total. The first kappa shape index (κ1) is 12.9. The van der Waals surface area contributed by atoms with Gasteiger partial charge in [-0.15, -0.1) is 0 Å². The molecule has 0 aliphatic heterocycles. The maximum Gasteiger partial charge on any atom is 0.345 e. The van der Waals surface area contributed by atoms with Crippen LogP contribution in [0, 0.1) is 13.7 Å². The molecule has 0 radical (unpaired) electrons. The van der Waals surface area contributed by atoms with E-state index >= 15 is 0 Å². The third-order valence-electron chi connectivity index (χ3n) is 1.72. The zero-order valence-electron chi connectivity index (χ0n) is 8.77. The molecule has 0 saturated heterocycles. The molecular weight excluding hydrogens is 325 g/mol. The van der Waals surface area contributed by atoms with Gasteiger partial charge in [-0.3, -0.25) is 10.1 Å². The molecule has 0 amide bonds. The maximum absolute atomic E-state index is 11.6. The van der Waals surface area contributed by atoms with Crippen LogP contribution in [-0.4, -0.2) is 17.0 Å². The Bertz CT molecular complexity index is 431. The average molecular weight is 335 g/mol. The molecule has 6 heteroatoms. The van der Waals surface area contributed by atoms with Crippen molar-refractivity contribution in [3.63, 3.8) is 0 Å². The standard InChI is InChI=1S/C10H10INO4/c1-6(2)16-10(13)8-4-3-7(11)5-9(8)12(14)15/h3-6H,1-2H3. The Kier molecular flexibility index (Phi) is 4.22. The van der Waals surface area contributed by atoms with Crippen LogP contribution in [0.5, 0.6) is 0 Å². The zero-order chi connectivity index (χ0) is 12.3. The van der Waals surface area contributed by atoms with Crippen molar-refractivity contribution in [1.29, 1.82) is 0 Å². The Morgan fingerprint density at radius 1 is 1.50 bits per heavy atom. The summed E-state index contributed by atoms with van der Waals surface area (Å²) in [6, 6.07) is 4.38. The second kappa shape index (κ2) is 5.24. The number of nitro groups is 1. The van der Waals surface area contributed by atoms with Gasteiger partial charge in [0.15, 0.2) is 0 Å². The molecule has 0 unspecified atom stereocenters. The van der Waals surface area contributed by atoms with Crippen LogP contribution in [-0.2, 0) is 4.74 Å². The van der Waals surface area contributed by atoms with Crippen molar-refractivity contribution < 1.29 is 14.5 Å². The average Bonchev–Trinajstić information content (AvgIpc) is 2.16. The lowest BCUT2D eigenvalue weighted by Gasteiger charge is -2.08. The molecule has 1 aromatic carbocycles. The number of nitrogens with zero attached hydrogens (tertiary/aromatic N) is 1. The summed E-state index contributed by atoms with van der Waals surface area (Å²) < 4.78 is 5.62. The van der Waals surface area contributed by atoms with Crippen LogP contribution in [0.2, 0.25) is 0 Å². The molecule has 0 bridgehead atoms. The zero-order valence-corrected chi connectivity index (χ0v) is 10.9. The van der Waals surface area contributed by atoms with Gasteiger partial charge in [0.25, 0.3) is 5.69 Å². The molecule has 86 valence electrons. The summed E-state index contributed by atoms with van der Waals surface area (Å²) in [5.74, 6) is -0.668. The molecule has 0 fully saturated rings. The summed E-state index contributed by atoms with van der Waals surface area (Å²) in [7, 11) is 0. The maximum atomic E-state index is 11.6. The normalized spacial score (nSPS) is 10.2. The van der Waals surface area contributed by atoms with Crippen molar-refractivity contribution in [1.82, 2.24) is 0 Å². The SMILES string of the molecule is CC(C)OC(=O)c1ccc(I)cc1[N+](=O)[O-]. The summed E-state index contributed by atoms with van der Waals surface area (Å²) in [4.78, 5) is 21.7. The van der Waals surface area contributed by atoms with E-state index in [1.54, 1.807) is 19.9 Å². The van der Waals surface area contributed by atoms with E-state index in [9.17, 15) is 14.9 Å². The predicted octanol–water partition coefficient (Wildman–Crippen LogP) is 2.76. The van der Waals surface area contributed by atoms with Gasteiger partial charge >= 0.3 is 5.97 Å². The number of carbonyl (C=O) groups is 1. The molecule has 0 aliphatic rings. The quantitative estimate of drug-likeness (QED) is 0.369. The largest absolute Gasteiger partial charge is 0.459 e. The van der Waals surface area contributed by atoms with E-state index in [0.717, 1.165) is 0 Å². The fourth-order valence-corrected chi connectivity index (χ4v) is 1.58. The first-order valence-corrected chi connectivity index (χ1v) is 5.64. The highest BCUT2D eigenvalue weighted by molar-refractivity contribution is 14.1. The summed E-state index contributed by atoms with van der Waals surface area (Å²) in [6.07, 6.45) is -0.300. The van der Waals surface area contributed by atoms with Crippen molar-refractivity contribution in [3.05, 3.63) is 37.4 Å². The summed E-state index contributed by atoms with van der Waals surface area (Å²) in [5.41, 5.74) is -0.239. The fourth-order valence-electron chi connectivity index (χ4n) is 1.11. The second-order valence-corrected chi connectivity index (χ2v) is 4.62. The molecule has 0 heterocycles. The van der Waals surface area contributed by atoms with Crippen molar-refractivity contribution in [2.45, 2.75) is 20.0 Å². The van der Waals surface area contributed by atoms with Gasteiger partial charge in [-0.25, -0.2) is 4.79 Å². The van der Waals surface area contributed by atoms with Crippen LogP contribution in [0.1, 0.15) is 24.2 Å². The smallest absolute Gasteiger partial charge is 0.345 e. The van der Waals surface area contributed by atoms with Gasteiger partial charge in [-0.05, 0) is 48.6 Å². The number of esters is 1. The number of nitro benzene ring substituents is 1. The topological polar surface area (TPSA) is 69.4 Å². The lowest BCUT2D eigenvalue weighted by molar-refractivity contribution is -0.385. The Morgan fingerprint density at radius 3 is 2.62 bits per heavy atom. The summed E-state index contributed by atoms with van der Waals surface area (Å²) in [6.45, 7) is 3.38. The third-order valence-corrected chi connectivity index (χ3v) is 2.39. The first-order valence-electron chi connectivity index (χ1n) is 4.56. The van der Waals surface area contributed by atoms with Gasteiger partial charge < -0.3 is 4.74 Å². The number of benzene rings is 1. The highest BCUT2D eigenvalue weighted by atomic mass is 127. The molecule has 0 aliphatic carbocycles. The van der Waals surface area contributed by atoms with E-state index in [-0.39, 0.29) is 17.4 Å². The van der Waals surface area contributed by atoms with Crippen LogP contribution < -0.4 is 0 Å². The van der Waals surface area contributed by atoms with Crippen LogP contribution in [0.3, 0.4) is 0 Å². The lowest BCUT2D eigenvalue weighted by atomic mass is 10.2. The molecule has 0 spiro atoms. The Balaban J connectivity index is 3.12. The van der Waals surface area contributed by atoms with Gasteiger partial charge in [0.2, 0.25) is 0 Å². The number of hydrogen-bond acceptors (Lipinski definition) is 4. The fraction of sp³-hybridized carbons (Fsp3) is 0.300. The van der Waals surface area contributed by atoms with Gasteiger partial charge in [-0.1, -0.05) is 0 Å².